The Labute approximate surface area is 152 Å². The van der Waals surface area contributed by atoms with E-state index in [1.54, 1.807) is 19.2 Å². The van der Waals surface area contributed by atoms with Crippen LogP contribution in [0.15, 0.2) is 21.5 Å². The number of rotatable bonds is 3. The van der Waals surface area contributed by atoms with Crippen LogP contribution in [-0.4, -0.2) is 30.6 Å². The van der Waals surface area contributed by atoms with Crippen molar-refractivity contribution in [2.45, 2.75) is 41.4 Å². The largest absolute Gasteiger partial charge is 0.246 e. The zero-order chi connectivity index (χ0) is 15.8. The molecule has 1 fully saturated rings. The maximum absolute atomic E-state index is 12.9. The maximum Gasteiger partial charge on any atom is 0.246 e. The summed E-state index contributed by atoms with van der Waals surface area (Å²) in [5.41, 5.74) is 0. The van der Waals surface area contributed by atoms with E-state index in [9.17, 15) is 8.42 Å². The van der Waals surface area contributed by atoms with Crippen LogP contribution < -0.4 is 0 Å². The molecule has 0 aliphatic heterocycles. The SMILES string of the molecule is CN(C1CCCCC1Br)S(=O)(=O)c1c(Cl)cc(Br)cc1Cl. The molecular formula is C13H15Br2Cl2NO2S. The summed E-state index contributed by atoms with van der Waals surface area (Å²) in [6, 6.07) is 3.00. The van der Waals surface area contributed by atoms with Gasteiger partial charge in [-0.25, -0.2) is 8.42 Å². The molecule has 1 saturated carbocycles. The molecule has 21 heavy (non-hydrogen) atoms. The van der Waals surface area contributed by atoms with Gasteiger partial charge in [0.15, 0.2) is 0 Å². The van der Waals surface area contributed by atoms with Crippen molar-refractivity contribution < 1.29 is 8.42 Å². The Morgan fingerprint density at radius 3 is 2.24 bits per heavy atom. The maximum atomic E-state index is 12.9. The lowest BCUT2D eigenvalue weighted by molar-refractivity contribution is 0.297. The highest BCUT2D eigenvalue weighted by molar-refractivity contribution is 9.10. The Morgan fingerprint density at radius 2 is 1.71 bits per heavy atom. The molecule has 2 rings (SSSR count). The molecule has 1 aliphatic carbocycles. The molecule has 0 N–H and O–H groups in total. The molecular weight excluding hydrogens is 465 g/mol. The molecule has 0 bridgehead atoms. The molecule has 0 spiro atoms. The van der Waals surface area contributed by atoms with E-state index in [1.807, 2.05) is 0 Å². The average Bonchev–Trinajstić information content (AvgIpc) is 2.36. The van der Waals surface area contributed by atoms with Crippen molar-refractivity contribution in [1.29, 1.82) is 0 Å². The van der Waals surface area contributed by atoms with Gasteiger partial charge in [-0.3, -0.25) is 0 Å². The monoisotopic (exact) mass is 477 g/mol. The Kier molecular flexibility index (Phi) is 6.05. The first-order valence-electron chi connectivity index (χ1n) is 6.52. The number of benzene rings is 1. The lowest BCUT2D eigenvalue weighted by Gasteiger charge is -2.34. The molecule has 0 saturated heterocycles. The van der Waals surface area contributed by atoms with E-state index in [-0.39, 0.29) is 25.8 Å². The van der Waals surface area contributed by atoms with Crippen LogP contribution >= 0.6 is 55.1 Å². The van der Waals surface area contributed by atoms with Gasteiger partial charge in [0.1, 0.15) is 4.90 Å². The first-order valence-corrected chi connectivity index (χ1v) is 10.4. The number of alkyl halides is 1. The molecule has 8 heteroatoms. The lowest BCUT2D eigenvalue weighted by atomic mass is 9.96. The number of hydrogen-bond donors (Lipinski definition) is 0. The summed E-state index contributed by atoms with van der Waals surface area (Å²) in [5.74, 6) is 0. The van der Waals surface area contributed by atoms with Gasteiger partial charge in [0.25, 0.3) is 0 Å². The predicted molar refractivity (Wildman–Crippen MR) is 94.1 cm³/mol. The molecule has 0 radical (unpaired) electrons. The van der Waals surface area contributed by atoms with Gasteiger partial charge in [-0.05, 0) is 25.0 Å². The molecule has 118 valence electrons. The molecule has 0 aromatic heterocycles. The highest BCUT2D eigenvalue weighted by atomic mass is 79.9. The third-order valence-electron chi connectivity index (χ3n) is 3.71. The van der Waals surface area contributed by atoms with Crippen molar-refractivity contribution in [3.8, 4) is 0 Å². The van der Waals surface area contributed by atoms with Gasteiger partial charge >= 0.3 is 0 Å². The fraction of sp³-hybridized carbons (Fsp3) is 0.538. The molecule has 1 aliphatic rings. The van der Waals surface area contributed by atoms with Crippen LogP contribution in [0.1, 0.15) is 25.7 Å². The molecule has 2 atom stereocenters. The summed E-state index contributed by atoms with van der Waals surface area (Å²) < 4.78 is 27.7. The van der Waals surface area contributed by atoms with Gasteiger partial charge in [-0.15, -0.1) is 0 Å². The topological polar surface area (TPSA) is 37.4 Å². The quantitative estimate of drug-likeness (QED) is 0.567. The zero-order valence-corrected chi connectivity index (χ0v) is 16.8. The second-order valence-corrected chi connectivity index (χ2v) is 9.93. The fourth-order valence-corrected chi connectivity index (χ4v) is 6.97. The summed E-state index contributed by atoms with van der Waals surface area (Å²) in [4.78, 5) is 0.126. The van der Waals surface area contributed by atoms with Crippen LogP contribution in [0.3, 0.4) is 0 Å². The lowest BCUT2D eigenvalue weighted by Crippen LogP contribution is -2.44. The highest BCUT2D eigenvalue weighted by Gasteiger charge is 2.36. The molecule has 2 unspecified atom stereocenters. The normalized spacial score (nSPS) is 23.5. The number of sulfonamides is 1. The van der Waals surface area contributed by atoms with Gasteiger partial charge in [-0.2, -0.15) is 4.31 Å². The minimum atomic E-state index is -3.73. The van der Waals surface area contributed by atoms with Crippen LogP contribution in [0.2, 0.25) is 10.0 Å². The van der Waals surface area contributed by atoms with E-state index < -0.39 is 10.0 Å². The Bertz CT molecular complexity index is 616. The molecule has 1 aromatic carbocycles. The zero-order valence-electron chi connectivity index (χ0n) is 11.3. The average molecular weight is 480 g/mol. The van der Waals surface area contributed by atoms with E-state index in [4.69, 9.17) is 23.2 Å². The second kappa shape index (κ2) is 7.05. The van der Waals surface area contributed by atoms with Crippen LogP contribution in [0, 0.1) is 0 Å². The summed E-state index contributed by atoms with van der Waals surface area (Å²) in [6.45, 7) is 0. The first-order chi connectivity index (χ1) is 9.75. The van der Waals surface area contributed by atoms with Gasteiger partial charge in [0.05, 0.1) is 10.0 Å². The van der Waals surface area contributed by atoms with Crippen LogP contribution in [0.4, 0.5) is 0 Å². The van der Waals surface area contributed by atoms with Crippen molar-refractivity contribution in [1.82, 2.24) is 4.31 Å². The van der Waals surface area contributed by atoms with E-state index in [0.717, 1.165) is 25.7 Å². The minimum Gasteiger partial charge on any atom is -0.207 e. The third-order valence-corrected chi connectivity index (χ3v) is 8.05. The Hall–Kier alpha value is 0.670. The highest BCUT2D eigenvalue weighted by Crippen LogP contribution is 2.37. The van der Waals surface area contributed by atoms with E-state index >= 15 is 0 Å². The summed E-state index contributed by atoms with van der Waals surface area (Å²) >= 11 is 19.1. The summed E-state index contributed by atoms with van der Waals surface area (Å²) in [5, 5.41) is 0.256. The molecule has 3 nitrogen and oxygen atoms in total. The summed E-state index contributed by atoms with van der Waals surface area (Å²) in [6.07, 6.45) is 3.93. The summed E-state index contributed by atoms with van der Waals surface area (Å²) in [7, 11) is -2.14. The van der Waals surface area contributed by atoms with Crippen LogP contribution in [0.5, 0.6) is 0 Å². The van der Waals surface area contributed by atoms with Crippen molar-refractivity contribution in [3.63, 3.8) is 0 Å². The van der Waals surface area contributed by atoms with E-state index in [0.29, 0.717) is 4.47 Å². The van der Waals surface area contributed by atoms with Gasteiger partial charge < -0.3 is 0 Å². The predicted octanol–water partition coefficient (Wildman–Crippen LogP) is 5.08. The standard InChI is InChI=1S/C13H15Br2Cl2NO2S/c1-18(12-5-3-2-4-9(12)15)21(19,20)13-10(16)6-8(14)7-11(13)17/h6-7,9,12H,2-5H2,1H3. The van der Waals surface area contributed by atoms with Gasteiger partial charge in [0.2, 0.25) is 10.0 Å². The van der Waals surface area contributed by atoms with E-state index in [1.165, 1.54) is 4.31 Å². The van der Waals surface area contributed by atoms with Crippen molar-refractivity contribution in [3.05, 3.63) is 26.7 Å². The van der Waals surface area contributed by atoms with Crippen LogP contribution in [-0.2, 0) is 10.0 Å². The third kappa shape index (κ3) is 3.78. The van der Waals surface area contributed by atoms with Gasteiger partial charge in [-0.1, -0.05) is 67.9 Å². The fourth-order valence-electron chi connectivity index (χ4n) is 2.57. The smallest absolute Gasteiger partial charge is 0.207 e. The molecule has 0 amide bonds. The van der Waals surface area contributed by atoms with Crippen molar-refractivity contribution >= 4 is 65.1 Å². The second-order valence-electron chi connectivity index (χ2n) is 5.09. The first kappa shape index (κ1) is 18.0. The minimum absolute atomic E-state index is 0.0261. The van der Waals surface area contributed by atoms with E-state index in [2.05, 4.69) is 31.9 Å². The molecule has 1 aromatic rings. The number of nitrogens with zero attached hydrogens (tertiary/aromatic N) is 1. The number of halogens is 4. The van der Waals surface area contributed by atoms with Crippen molar-refractivity contribution in [2.24, 2.45) is 0 Å². The van der Waals surface area contributed by atoms with Crippen LogP contribution in [0.25, 0.3) is 0 Å². The van der Waals surface area contributed by atoms with Gasteiger partial charge in [0, 0.05) is 22.4 Å². The van der Waals surface area contributed by atoms with Crippen molar-refractivity contribution in [2.75, 3.05) is 7.05 Å². The Morgan fingerprint density at radius 1 is 1.19 bits per heavy atom. The molecule has 0 heterocycles. The number of hydrogen-bond acceptors (Lipinski definition) is 2. The Balaban J connectivity index is 2.42.